The first-order chi connectivity index (χ1) is 15.2. The Bertz CT molecular complexity index is 1160. The maximum absolute atomic E-state index is 13.6. The largest absolute Gasteiger partial charge is 0.497 e. The fourth-order valence-corrected chi connectivity index (χ4v) is 3.73. The second-order valence-electron chi connectivity index (χ2n) is 7.54. The molecule has 0 aliphatic carbocycles. The van der Waals surface area contributed by atoms with Gasteiger partial charge in [0.05, 0.1) is 13.7 Å². The van der Waals surface area contributed by atoms with Gasteiger partial charge >= 0.3 is 0 Å². The van der Waals surface area contributed by atoms with Crippen LogP contribution in [0, 0.1) is 0 Å². The van der Waals surface area contributed by atoms with E-state index in [2.05, 4.69) is 13.0 Å². The number of rotatable bonds is 9. The summed E-state index contributed by atoms with van der Waals surface area (Å²) in [7, 11) is 1.65. The van der Waals surface area contributed by atoms with E-state index >= 15 is 0 Å². The van der Waals surface area contributed by atoms with E-state index < -0.39 is 0 Å². The van der Waals surface area contributed by atoms with Crippen molar-refractivity contribution in [2.45, 2.75) is 26.2 Å². The lowest BCUT2D eigenvalue weighted by atomic mass is 10.00. The Morgan fingerprint density at radius 3 is 2.35 bits per heavy atom. The van der Waals surface area contributed by atoms with Crippen molar-refractivity contribution in [3.63, 3.8) is 0 Å². The van der Waals surface area contributed by atoms with Crippen LogP contribution >= 0.6 is 0 Å². The van der Waals surface area contributed by atoms with E-state index in [4.69, 9.17) is 9.47 Å². The Morgan fingerprint density at radius 2 is 1.65 bits per heavy atom. The van der Waals surface area contributed by atoms with Gasteiger partial charge < -0.3 is 13.9 Å². The van der Waals surface area contributed by atoms with Gasteiger partial charge in [0.15, 0.2) is 0 Å². The van der Waals surface area contributed by atoms with Crippen molar-refractivity contribution in [1.29, 1.82) is 0 Å². The lowest BCUT2D eigenvalue weighted by Gasteiger charge is -2.09. The number of fused-ring (bicyclic) bond motifs is 1. The molecule has 31 heavy (non-hydrogen) atoms. The Balaban J connectivity index is 1.67. The summed E-state index contributed by atoms with van der Waals surface area (Å²) in [6.45, 7) is 2.87. The molecule has 4 aromatic rings. The molecule has 4 rings (SSSR count). The van der Waals surface area contributed by atoms with Crippen LogP contribution in [0.1, 0.15) is 42.2 Å². The van der Waals surface area contributed by atoms with Gasteiger partial charge in [-0.3, -0.25) is 4.79 Å². The fourth-order valence-electron chi connectivity index (χ4n) is 3.73. The van der Waals surface area contributed by atoms with Gasteiger partial charge in [0.25, 0.3) is 0 Å². The number of nitrogens with zero attached hydrogens (tertiary/aromatic N) is 1. The van der Waals surface area contributed by atoms with Gasteiger partial charge in [-0.1, -0.05) is 38.0 Å². The normalized spacial score (nSPS) is 10.9. The molecular weight excluding hydrogens is 386 g/mol. The zero-order chi connectivity index (χ0) is 21.6. The number of aromatic nitrogens is 1. The number of unbranched alkanes of at least 4 members (excludes halogenated alkanes) is 2. The first kappa shape index (κ1) is 20.7. The minimum Gasteiger partial charge on any atom is -0.497 e. The summed E-state index contributed by atoms with van der Waals surface area (Å²) in [5.74, 6) is 1.56. The van der Waals surface area contributed by atoms with Crippen LogP contribution in [-0.4, -0.2) is 23.9 Å². The summed E-state index contributed by atoms with van der Waals surface area (Å²) in [6, 6.07) is 23.2. The maximum atomic E-state index is 13.6. The van der Waals surface area contributed by atoms with Gasteiger partial charge in [0, 0.05) is 22.8 Å². The van der Waals surface area contributed by atoms with Crippen molar-refractivity contribution in [2.75, 3.05) is 13.7 Å². The topological polar surface area (TPSA) is 39.9 Å². The van der Waals surface area contributed by atoms with Crippen LogP contribution in [0.5, 0.6) is 11.5 Å². The molecule has 0 saturated heterocycles. The highest BCUT2D eigenvalue weighted by molar-refractivity contribution is 6.13. The van der Waals surface area contributed by atoms with E-state index in [1.165, 1.54) is 6.42 Å². The van der Waals surface area contributed by atoms with Crippen molar-refractivity contribution >= 4 is 11.3 Å². The molecule has 158 valence electrons. The molecule has 2 aromatic heterocycles. The molecule has 0 saturated carbocycles. The summed E-state index contributed by atoms with van der Waals surface area (Å²) in [5.41, 5.74) is 4.15. The van der Waals surface area contributed by atoms with Crippen LogP contribution in [0.25, 0.3) is 16.6 Å². The molecule has 2 heterocycles. The molecule has 4 nitrogen and oxygen atoms in total. The zero-order valence-electron chi connectivity index (χ0n) is 18.0. The highest BCUT2D eigenvalue weighted by atomic mass is 16.5. The highest BCUT2D eigenvalue weighted by Gasteiger charge is 2.20. The molecule has 0 fully saturated rings. The molecule has 0 unspecified atom stereocenters. The smallest absolute Gasteiger partial charge is 0.210 e. The number of hydrogen-bond donors (Lipinski definition) is 0. The molecule has 0 aliphatic rings. The molecule has 0 aliphatic heterocycles. The first-order valence-electron chi connectivity index (χ1n) is 10.7. The number of carbonyl (C=O) groups is 1. The summed E-state index contributed by atoms with van der Waals surface area (Å²) in [4.78, 5) is 13.6. The average Bonchev–Trinajstić information content (AvgIpc) is 3.21. The lowest BCUT2D eigenvalue weighted by molar-refractivity contribution is 0.103. The predicted octanol–water partition coefficient (Wildman–Crippen LogP) is 6.41. The van der Waals surface area contributed by atoms with Gasteiger partial charge in [-0.15, -0.1) is 0 Å². The highest BCUT2D eigenvalue weighted by Crippen LogP contribution is 2.31. The second kappa shape index (κ2) is 9.52. The van der Waals surface area contributed by atoms with Crippen LogP contribution in [-0.2, 0) is 0 Å². The van der Waals surface area contributed by atoms with E-state index in [1.807, 2.05) is 77.3 Å². The number of hydrogen-bond acceptors (Lipinski definition) is 3. The predicted molar refractivity (Wildman–Crippen MR) is 124 cm³/mol. The number of ketones is 1. The maximum Gasteiger partial charge on any atom is 0.210 e. The van der Waals surface area contributed by atoms with E-state index in [9.17, 15) is 4.79 Å². The Morgan fingerprint density at radius 1 is 0.903 bits per heavy atom. The molecular formula is C27H27NO3. The van der Waals surface area contributed by atoms with E-state index in [0.29, 0.717) is 17.9 Å². The second-order valence-corrected chi connectivity index (χ2v) is 7.54. The average molecular weight is 414 g/mol. The van der Waals surface area contributed by atoms with Crippen molar-refractivity contribution in [1.82, 2.24) is 4.40 Å². The van der Waals surface area contributed by atoms with Crippen LogP contribution in [0.2, 0.25) is 0 Å². The lowest BCUT2D eigenvalue weighted by Crippen LogP contribution is -2.07. The third-order valence-electron chi connectivity index (χ3n) is 5.43. The Labute approximate surface area is 183 Å². The standard InChI is InChI=1S/C27H27NO3/c1-3-4-7-18-31-24-15-11-21(12-16-24)27(29)26-25(19-22-8-5-6-17-28(22)26)20-9-13-23(30-2)14-10-20/h5-6,8-17,19H,3-4,7,18H2,1-2H3. The molecule has 0 spiro atoms. The molecule has 0 radical (unpaired) electrons. The molecule has 0 bridgehead atoms. The SMILES string of the molecule is CCCCCOc1ccc(C(=O)c2c(-c3ccc(OC)cc3)cc3ccccn23)cc1. The number of carbonyl (C=O) groups excluding carboxylic acids is 1. The molecule has 0 amide bonds. The zero-order valence-corrected chi connectivity index (χ0v) is 18.0. The van der Waals surface area contributed by atoms with Crippen molar-refractivity contribution < 1.29 is 14.3 Å². The van der Waals surface area contributed by atoms with Gasteiger partial charge in [-0.25, -0.2) is 0 Å². The third-order valence-corrected chi connectivity index (χ3v) is 5.43. The van der Waals surface area contributed by atoms with Crippen LogP contribution in [0.3, 0.4) is 0 Å². The third kappa shape index (κ3) is 4.48. The minimum absolute atomic E-state index is 0.0189. The summed E-state index contributed by atoms with van der Waals surface area (Å²) >= 11 is 0. The molecule has 0 atom stereocenters. The number of benzene rings is 2. The van der Waals surface area contributed by atoms with E-state index in [-0.39, 0.29) is 5.78 Å². The molecule has 0 N–H and O–H groups in total. The van der Waals surface area contributed by atoms with Gasteiger partial charge in [-0.2, -0.15) is 0 Å². The van der Waals surface area contributed by atoms with Gasteiger partial charge in [0.2, 0.25) is 5.78 Å². The first-order valence-corrected chi connectivity index (χ1v) is 10.7. The minimum atomic E-state index is -0.0189. The monoisotopic (exact) mass is 413 g/mol. The Hall–Kier alpha value is -3.53. The summed E-state index contributed by atoms with van der Waals surface area (Å²) in [5, 5.41) is 0. The quantitative estimate of drug-likeness (QED) is 0.235. The van der Waals surface area contributed by atoms with E-state index in [0.717, 1.165) is 41.0 Å². The number of methoxy groups -OCH3 is 1. The van der Waals surface area contributed by atoms with Gasteiger partial charge in [-0.05, 0) is 66.6 Å². The van der Waals surface area contributed by atoms with Crippen LogP contribution in [0.4, 0.5) is 0 Å². The summed E-state index contributed by atoms with van der Waals surface area (Å²) in [6.07, 6.45) is 5.30. The number of ether oxygens (including phenoxy) is 2. The van der Waals surface area contributed by atoms with Gasteiger partial charge in [0.1, 0.15) is 17.2 Å². The molecule has 4 heteroatoms. The number of pyridine rings is 1. The fraction of sp³-hybridized carbons (Fsp3) is 0.222. The summed E-state index contributed by atoms with van der Waals surface area (Å²) < 4.78 is 13.0. The van der Waals surface area contributed by atoms with E-state index in [1.54, 1.807) is 7.11 Å². The van der Waals surface area contributed by atoms with Crippen molar-refractivity contribution in [3.05, 3.63) is 90.3 Å². The van der Waals surface area contributed by atoms with Crippen LogP contribution < -0.4 is 9.47 Å². The molecule has 2 aromatic carbocycles. The van der Waals surface area contributed by atoms with Crippen molar-refractivity contribution in [3.8, 4) is 22.6 Å². The van der Waals surface area contributed by atoms with Crippen molar-refractivity contribution in [2.24, 2.45) is 0 Å². The Kier molecular flexibility index (Phi) is 6.37. The van der Waals surface area contributed by atoms with Crippen LogP contribution in [0.15, 0.2) is 79.0 Å².